The Morgan fingerprint density at radius 3 is 2.31 bits per heavy atom. The summed E-state index contributed by atoms with van der Waals surface area (Å²) >= 11 is 2.05. The molecule has 2 heteroatoms. The molecule has 0 aliphatic carbocycles. The monoisotopic (exact) mass is 203 g/mol. The molecular weight excluding hydrogens is 178 g/mol. The molecule has 1 nitrogen and oxygen atoms in total. The summed E-state index contributed by atoms with van der Waals surface area (Å²) in [6, 6.07) is 0.698. The van der Waals surface area contributed by atoms with Gasteiger partial charge in [-0.3, -0.25) is 0 Å². The van der Waals surface area contributed by atoms with E-state index in [0.717, 1.165) is 0 Å². The third-order valence-corrected chi connectivity index (χ3v) is 3.47. The van der Waals surface area contributed by atoms with Gasteiger partial charge >= 0.3 is 0 Å². The molecule has 0 amide bonds. The number of hydrogen-bond donors (Lipinski definition) is 1. The maximum absolute atomic E-state index is 3.39. The Kier molecular flexibility index (Phi) is 6.88. The molecule has 0 spiro atoms. The smallest absolute Gasteiger partial charge is 0.0155 e. The van der Waals surface area contributed by atoms with Crippen LogP contribution in [-0.4, -0.2) is 23.6 Å². The van der Waals surface area contributed by atoms with Gasteiger partial charge < -0.3 is 5.32 Å². The SMILES string of the molecule is CCCCC(CSC(C)(C)C)NC. The molecule has 0 heterocycles. The van der Waals surface area contributed by atoms with E-state index in [1.807, 2.05) is 0 Å². The molecule has 0 aromatic carbocycles. The van der Waals surface area contributed by atoms with E-state index in [4.69, 9.17) is 0 Å². The molecule has 1 unspecified atom stereocenters. The summed E-state index contributed by atoms with van der Waals surface area (Å²) in [5, 5.41) is 3.39. The van der Waals surface area contributed by atoms with Gasteiger partial charge in [0.15, 0.2) is 0 Å². The molecule has 0 radical (unpaired) electrons. The van der Waals surface area contributed by atoms with Crippen LogP contribution in [0.5, 0.6) is 0 Å². The second kappa shape index (κ2) is 6.72. The van der Waals surface area contributed by atoms with Gasteiger partial charge in [0.1, 0.15) is 0 Å². The first kappa shape index (κ1) is 13.3. The number of hydrogen-bond acceptors (Lipinski definition) is 2. The van der Waals surface area contributed by atoms with Gasteiger partial charge in [0, 0.05) is 16.5 Å². The summed E-state index contributed by atoms with van der Waals surface area (Å²) in [5.74, 6) is 1.24. The van der Waals surface area contributed by atoms with Crippen LogP contribution in [0, 0.1) is 0 Å². The predicted octanol–water partition coefficient (Wildman–Crippen LogP) is 3.30. The van der Waals surface area contributed by atoms with Gasteiger partial charge in [-0.25, -0.2) is 0 Å². The molecular formula is C11H25NS. The van der Waals surface area contributed by atoms with Crippen molar-refractivity contribution in [2.45, 2.75) is 57.7 Å². The highest BCUT2D eigenvalue weighted by Crippen LogP contribution is 2.24. The van der Waals surface area contributed by atoms with Crippen molar-refractivity contribution in [2.75, 3.05) is 12.8 Å². The van der Waals surface area contributed by atoms with Gasteiger partial charge in [-0.2, -0.15) is 11.8 Å². The van der Waals surface area contributed by atoms with Gasteiger partial charge in [-0.05, 0) is 13.5 Å². The Balaban J connectivity index is 3.59. The fourth-order valence-corrected chi connectivity index (χ4v) is 2.15. The summed E-state index contributed by atoms with van der Waals surface area (Å²) in [4.78, 5) is 0. The van der Waals surface area contributed by atoms with Crippen molar-refractivity contribution in [2.24, 2.45) is 0 Å². The van der Waals surface area contributed by atoms with Gasteiger partial charge in [-0.1, -0.05) is 40.5 Å². The van der Waals surface area contributed by atoms with Crippen LogP contribution in [0.3, 0.4) is 0 Å². The summed E-state index contributed by atoms with van der Waals surface area (Å²) in [6.07, 6.45) is 3.96. The quantitative estimate of drug-likeness (QED) is 0.711. The summed E-state index contributed by atoms with van der Waals surface area (Å²) in [7, 11) is 2.07. The predicted molar refractivity (Wildman–Crippen MR) is 64.6 cm³/mol. The van der Waals surface area contributed by atoms with E-state index < -0.39 is 0 Å². The van der Waals surface area contributed by atoms with Crippen LogP contribution in [-0.2, 0) is 0 Å². The zero-order valence-corrected chi connectivity index (χ0v) is 10.6. The number of nitrogens with one attached hydrogen (secondary N) is 1. The minimum atomic E-state index is 0.404. The minimum Gasteiger partial charge on any atom is -0.316 e. The normalized spacial score (nSPS) is 14.5. The lowest BCUT2D eigenvalue weighted by molar-refractivity contribution is 0.542. The Labute approximate surface area is 88.1 Å². The van der Waals surface area contributed by atoms with E-state index in [1.165, 1.54) is 25.0 Å². The van der Waals surface area contributed by atoms with E-state index in [9.17, 15) is 0 Å². The highest BCUT2D eigenvalue weighted by Gasteiger charge is 2.13. The zero-order chi connectivity index (χ0) is 10.3. The molecule has 80 valence electrons. The third-order valence-electron chi connectivity index (χ3n) is 2.03. The van der Waals surface area contributed by atoms with Crippen molar-refractivity contribution in [3.8, 4) is 0 Å². The van der Waals surface area contributed by atoms with E-state index in [2.05, 4.69) is 51.8 Å². The molecule has 0 aliphatic rings. The van der Waals surface area contributed by atoms with Gasteiger partial charge in [-0.15, -0.1) is 0 Å². The molecule has 0 saturated heterocycles. The maximum Gasteiger partial charge on any atom is 0.0155 e. The number of rotatable bonds is 6. The highest BCUT2D eigenvalue weighted by atomic mass is 32.2. The van der Waals surface area contributed by atoms with E-state index >= 15 is 0 Å². The van der Waals surface area contributed by atoms with Crippen molar-refractivity contribution < 1.29 is 0 Å². The molecule has 0 saturated carbocycles. The van der Waals surface area contributed by atoms with Gasteiger partial charge in [0.2, 0.25) is 0 Å². The highest BCUT2D eigenvalue weighted by molar-refractivity contribution is 8.00. The van der Waals surface area contributed by atoms with Crippen molar-refractivity contribution in [3.05, 3.63) is 0 Å². The lowest BCUT2D eigenvalue weighted by Crippen LogP contribution is -2.29. The maximum atomic E-state index is 3.39. The first-order valence-electron chi connectivity index (χ1n) is 5.31. The van der Waals surface area contributed by atoms with Crippen LogP contribution in [0.4, 0.5) is 0 Å². The molecule has 0 aromatic heterocycles. The van der Waals surface area contributed by atoms with E-state index in [0.29, 0.717) is 10.8 Å². The fraction of sp³-hybridized carbons (Fsp3) is 1.00. The first-order chi connectivity index (χ1) is 5.99. The second-order valence-corrected chi connectivity index (χ2v) is 6.40. The van der Waals surface area contributed by atoms with Crippen LogP contribution in [0.15, 0.2) is 0 Å². The van der Waals surface area contributed by atoms with Gasteiger partial charge in [0.25, 0.3) is 0 Å². The number of unbranched alkanes of at least 4 members (excludes halogenated alkanes) is 1. The largest absolute Gasteiger partial charge is 0.316 e. The molecule has 0 aliphatic heterocycles. The van der Waals surface area contributed by atoms with Crippen LogP contribution in [0.25, 0.3) is 0 Å². The summed E-state index contributed by atoms with van der Waals surface area (Å²) in [6.45, 7) is 9.10. The van der Waals surface area contributed by atoms with Crippen LogP contribution >= 0.6 is 11.8 Å². The van der Waals surface area contributed by atoms with Crippen LogP contribution in [0.2, 0.25) is 0 Å². The molecule has 1 N–H and O–H groups in total. The molecule has 0 aromatic rings. The standard InChI is InChI=1S/C11H25NS/c1-6-7-8-10(12-5)9-13-11(2,3)4/h10,12H,6-9H2,1-5H3. The van der Waals surface area contributed by atoms with Gasteiger partial charge in [0.05, 0.1) is 0 Å². The Bertz CT molecular complexity index is 118. The van der Waals surface area contributed by atoms with E-state index in [-0.39, 0.29) is 0 Å². The molecule has 13 heavy (non-hydrogen) atoms. The molecule has 0 fully saturated rings. The average Bonchev–Trinajstić information content (AvgIpc) is 2.03. The topological polar surface area (TPSA) is 12.0 Å². The van der Waals surface area contributed by atoms with Crippen LogP contribution < -0.4 is 5.32 Å². The molecule has 1 atom stereocenters. The average molecular weight is 203 g/mol. The van der Waals surface area contributed by atoms with Crippen molar-refractivity contribution in [1.29, 1.82) is 0 Å². The Morgan fingerprint density at radius 1 is 1.31 bits per heavy atom. The number of thioether (sulfide) groups is 1. The first-order valence-corrected chi connectivity index (χ1v) is 6.29. The third kappa shape index (κ3) is 8.63. The van der Waals surface area contributed by atoms with Crippen molar-refractivity contribution in [1.82, 2.24) is 5.32 Å². The lowest BCUT2D eigenvalue weighted by Gasteiger charge is -2.22. The fourth-order valence-electron chi connectivity index (χ4n) is 1.11. The minimum absolute atomic E-state index is 0.404. The Hall–Kier alpha value is 0.310. The van der Waals surface area contributed by atoms with E-state index in [1.54, 1.807) is 0 Å². The second-order valence-electron chi connectivity index (χ2n) is 4.55. The van der Waals surface area contributed by atoms with Crippen LogP contribution in [0.1, 0.15) is 47.0 Å². The lowest BCUT2D eigenvalue weighted by atomic mass is 10.1. The van der Waals surface area contributed by atoms with Crippen molar-refractivity contribution >= 4 is 11.8 Å². The summed E-state index contributed by atoms with van der Waals surface area (Å²) < 4.78 is 0.404. The molecule has 0 bridgehead atoms. The van der Waals surface area contributed by atoms with Crippen molar-refractivity contribution in [3.63, 3.8) is 0 Å². The molecule has 0 rings (SSSR count). The summed E-state index contributed by atoms with van der Waals surface area (Å²) in [5.41, 5.74) is 0. The zero-order valence-electron chi connectivity index (χ0n) is 9.81. The Morgan fingerprint density at radius 2 is 1.92 bits per heavy atom.